The first-order valence-corrected chi connectivity index (χ1v) is 6.34. The maximum Gasteiger partial charge on any atom is 0.137 e. The van der Waals surface area contributed by atoms with E-state index in [4.69, 9.17) is 14.9 Å². The minimum atomic E-state index is -0.434. The molecule has 1 heterocycles. The van der Waals surface area contributed by atoms with Crippen LogP contribution in [-0.4, -0.2) is 12.2 Å². The van der Waals surface area contributed by atoms with Crippen LogP contribution in [0.2, 0.25) is 0 Å². The number of ether oxygens (including phenoxy) is 1. The lowest BCUT2D eigenvalue weighted by Gasteiger charge is -2.29. The maximum atomic E-state index is 6.25. The molecule has 0 aliphatic heterocycles. The van der Waals surface area contributed by atoms with Crippen molar-refractivity contribution in [2.75, 3.05) is 6.61 Å². The predicted molar refractivity (Wildman–Crippen MR) is 73.6 cm³/mol. The number of aryl methyl sites for hydroxylation is 1. The van der Waals surface area contributed by atoms with Gasteiger partial charge in [-0.15, -0.1) is 0 Å². The standard InChI is InChI=1S/C15H21NO2/c1-5-17-15(3,4)14(16)12-9-11-8-6-7-10(2)13(11)18-12/h6-9,14H,5,16H2,1-4H3. The number of hydrogen-bond acceptors (Lipinski definition) is 3. The van der Waals surface area contributed by atoms with E-state index in [2.05, 4.69) is 0 Å². The Labute approximate surface area is 108 Å². The molecule has 2 aromatic rings. The van der Waals surface area contributed by atoms with Crippen LogP contribution in [0, 0.1) is 6.92 Å². The van der Waals surface area contributed by atoms with Crippen molar-refractivity contribution >= 4 is 11.0 Å². The molecule has 0 radical (unpaired) electrons. The van der Waals surface area contributed by atoms with Crippen molar-refractivity contribution < 1.29 is 9.15 Å². The van der Waals surface area contributed by atoms with Gasteiger partial charge in [-0.05, 0) is 39.3 Å². The largest absolute Gasteiger partial charge is 0.459 e. The summed E-state index contributed by atoms with van der Waals surface area (Å²) in [5.74, 6) is 0.776. The van der Waals surface area contributed by atoms with Crippen LogP contribution in [0.15, 0.2) is 28.7 Å². The number of benzene rings is 1. The molecule has 1 aromatic heterocycles. The highest BCUT2D eigenvalue weighted by Gasteiger charge is 2.30. The van der Waals surface area contributed by atoms with Gasteiger partial charge in [0.1, 0.15) is 11.3 Å². The first kappa shape index (κ1) is 13.1. The molecule has 0 saturated carbocycles. The lowest BCUT2D eigenvalue weighted by atomic mass is 9.97. The van der Waals surface area contributed by atoms with Crippen molar-refractivity contribution in [2.24, 2.45) is 5.73 Å². The quantitative estimate of drug-likeness (QED) is 0.898. The van der Waals surface area contributed by atoms with E-state index < -0.39 is 5.60 Å². The molecular weight excluding hydrogens is 226 g/mol. The van der Waals surface area contributed by atoms with Gasteiger partial charge in [-0.25, -0.2) is 0 Å². The zero-order valence-electron chi connectivity index (χ0n) is 11.5. The molecule has 0 spiro atoms. The normalized spacial score (nSPS) is 14.1. The Hall–Kier alpha value is -1.32. The van der Waals surface area contributed by atoms with Gasteiger partial charge in [0.2, 0.25) is 0 Å². The lowest BCUT2D eigenvalue weighted by Crippen LogP contribution is -2.38. The molecule has 0 amide bonds. The average Bonchev–Trinajstić information content (AvgIpc) is 2.73. The zero-order valence-corrected chi connectivity index (χ0v) is 11.5. The van der Waals surface area contributed by atoms with E-state index in [1.165, 1.54) is 0 Å². The highest BCUT2D eigenvalue weighted by Crippen LogP contribution is 2.31. The molecule has 2 rings (SSSR count). The van der Waals surface area contributed by atoms with Crippen molar-refractivity contribution in [3.63, 3.8) is 0 Å². The third-order valence-corrected chi connectivity index (χ3v) is 3.33. The van der Waals surface area contributed by atoms with Gasteiger partial charge in [-0.3, -0.25) is 0 Å². The van der Waals surface area contributed by atoms with Crippen LogP contribution in [0.25, 0.3) is 11.0 Å². The van der Waals surface area contributed by atoms with Crippen LogP contribution in [0.5, 0.6) is 0 Å². The van der Waals surface area contributed by atoms with Crippen LogP contribution in [0.1, 0.15) is 38.1 Å². The Morgan fingerprint density at radius 1 is 1.39 bits per heavy atom. The number of nitrogens with two attached hydrogens (primary N) is 1. The Morgan fingerprint density at radius 3 is 2.72 bits per heavy atom. The molecule has 3 heteroatoms. The summed E-state index contributed by atoms with van der Waals surface area (Å²) in [5, 5.41) is 1.09. The van der Waals surface area contributed by atoms with Crippen molar-refractivity contribution in [1.82, 2.24) is 0 Å². The summed E-state index contributed by atoms with van der Waals surface area (Å²) in [5.41, 5.74) is 7.86. The smallest absolute Gasteiger partial charge is 0.137 e. The van der Waals surface area contributed by atoms with E-state index in [1.54, 1.807) is 0 Å². The second-order valence-corrected chi connectivity index (χ2v) is 5.16. The van der Waals surface area contributed by atoms with Crippen LogP contribution >= 0.6 is 0 Å². The van der Waals surface area contributed by atoms with Gasteiger partial charge < -0.3 is 14.9 Å². The molecule has 3 nitrogen and oxygen atoms in total. The Balaban J connectivity index is 2.39. The number of fused-ring (bicyclic) bond motifs is 1. The van der Waals surface area contributed by atoms with E-state index in [-0.39, 0.29) is 6.04 Å². The van der Waals surface area contributed by atoms with E-state index in [9.17, 15) is 0 Å². The highest BCUT2D eigenvalue weighted by molar-refractivity contribution is 5.81. The molecule has 1 atom stereocenters. The van der Waals surface area contributed by atoms with Crippen molar-refractivity contribution in [1.29, 1.82) is 0 Å². The molecular formula is C15H21NO2. The predicted octanol–water partition coefficient (Wildman–Crippen LogP) is 3.56. The van der Waals surface area contributed by atoms with Gasteiger partial charge in [0.15, 0.2) is 0 Å². The molecule has 0 aliphatic carbocycles. The minimum Gasteiger partial charge on any atom is -0.459 e. The monoisotopic (exact) mass is 247 g/mol. The molecule has 0 fully saturated rings. The number of rotatable bonds is 4. The topological polar surface area (TPSA) is 48.4 Å². The molecule has 2 N–H and O–H groups in total. The molecule has 1 aromatic carbocycles. The SMILES string of the molecule is CCOC(C)(C)C(N)c1cc2cccc(C)c2o1. The Bertz CT molecular complexity index is 542. The third kappa shape index (κ3) is 2.28. The Kier molecular flexibility index (Phi) is 3.46. The first-order valence-electron chi connectivity index (χ1n) is 6.34. The number of para-hydroxylation sites is 1. The van der Waals surface area contributed by atoms with Crippen LogP contribution in [0.3, 0.4) is 0 Å². The summed E-state index contributed by atoms with van der Waals surface area (Å²) in [4.78, 5) is 0. The fourth-order valence-electron chi connectivity index (χ4n) is 2.19. The summed E-state index contributed by atoms with van der Waals surface area (Å²) in [6.07, 6.45) is 0. The summed E-state index contributed by atoms with van der Waals surface area (Å²) in [6, 6.07) is 7.83. The number of furan rings is 1. The second-order valence-electron chi connectivity index (χ2n) is 5.16. The van der Waals surface area contributed by atoms with Gasteiger partial charge in [0.25, 0.3) is 0 Å². The lowest BCUT2D eigenvalue weighted by molar-refractivity contribution is -0.0338. The van der Waals surface area contributed by atoms with E-state index >= 15 is 0 Å². The second kappa shape index (κ2) is 4.75. The van der Waals surface area contributed by atoms with Crippen LogP contribution in [0.4, 0.5) is 0 Å². The van der Waals surface area contributed by atoms with Gasteiger partial charge in [-0.2, -0.15) is 0 Å². The first-order chi connectivity index (χ1) is 8.45. The summed E-state index contributed by atoms with van der Waals surface area (Å²) < 4.78 is 11.6. The van der Waals surface area contributed by atoms with Gasteiger partial charge in [-0.1, -0.05) is 18.2 Å². The van der Waals surface area contributed by atoms with Gasteiger partial charge in [0.05, 0.1) is 11.6 Å². The molecule has 18 heavy (non-hydrogen) atoms. The van der Waals surface area contributed by atoms with E-state index in [0.717, 1.165) is 22.3 Å². The number of hydrogen-bond donors (Lipinski definition) is 1. The molecule has 98 valence electrons. The summed E-state index contributed by atoms with van der Waals surface area (Å²) in [7, 11) is 0. The average molecular weight is 247 g/mol. The van der Waals surface area contributed by atoms with Crippen molar-refractivity contribution in [3.05, 3.63) is 35.6 Å². The van der Waals surface area contributed by atoms with Crippen LogP contribution < -0.4 is 5.73 Å². The van der Waals surface area contributed by atoms with Gasteiger partial charge in [0, 0.05) is 12.0 Å². The molecule has 0 bridgehead atoms. The molecule has 1 unspecified atom stereocenters. The van der Waals surface area contributed by atoms with Crippen LogP contribution in [-0.2, 0) is 4.74 Å². The van der Waals surface area contributed by atoms with Crippen molar-refractivity contribution in [2.45, 2.75) is 39.3 Å². The fraction of sp³-hybridized carbons (Fsp3) is 0.467. The Morgan fingerprint density at radius 2 is 2.11 bits per heavy atom. The summed E-state index contributed by atoms with van der Waals surface area (Å²) in [6.45, 7) is 8.62. The van der Waals surface area contributed by atoms with Gasteiger partial charge >= 0.3 is 0 Å². The molecule has 0 aliphatic rings. The highest BCUT2D eigenvalue weighted by atomic mass is 16.5. The molecule has 0 saturated heterocycles. The van der Waals surface area contributed by atoms with Crippen molar-refractivity contribution in [3.8, 4) is 0 Å². The van der Waals surface area contributed by atoms with E-state index in [0.29, 0.717) is 6.61 Å². The summed E-state index contributed by atoms with van der Waals surface area (Å²) >= 11 is 0. The zero-order chi connectivity index (χ0) is 13.3. The minimum absolute atomic E-state index is 0.274. The fourth-order valence-corrected chi connectivity index (χ4v) is 2.19. The maximum absolute atomic E-state index is 6.25. The third-order valence-electron chi connectivity index (χ3n) is 3.33. The van der Waals surface area contributed by atoms with E-state index in [1.807, 2.05) is 52.0 Å².